The molecular formula is C9H10N2O3. The van der Waals surface area contributed by atoms with Crippen LogP contribution in [0.25, 0.3) is 0 Å². The Morgan fingerprint density at radius 2 is 2.14 bits per heavy atom. The summed E-state index contributed by atoms with van der Waals surface area (Å²) in [5.74, 6) is -0.247. The van der Waals surface area contributed by atoms with Gasteiger partial charge in [-0.2, -0.15) is 0 Å². The number of hydrogen-bond donors (Lipinski definition) is 1. The Hall–Kier alpha value is -1.91. The molecule has 0 aromatic heterocycles. The second kappa shape index (κ2) is 3.87. The number of nitro groups is 1. The highest BCUT2D eigenvalue weighted by molar-refractivity contribution is 5.94. The van der Waals surface area contributed by atoms with Crippen LogP contribution >= 0.6 is 0 Å². The molecule has 1 aromatic carbocycles. The van der Waals surface area contributed by atoms with Crippen LogP contribution in [0.5, 0.6) is 0 Å². The van der Waals surface area contributed by atoms with Crippen molar-refractivity contribution in [3.05, 3.63) is 39.4 Å². The smallest absolute Gasteiger partial charge is 0.272 e. The van der Waals surface area contributed by atoms with Crippen molar-refractivity contribution in [2.45, 2.75) is 6.92 Å². The third kappa shape index (κ3) is 1.87. The fraction of sp³-hybridized carbons (Fsp3) is 0.222. The summed E-state index contributed by atoms with van der Waals surface area (Å²) in [6, 6.07) is 4.26. The Morgan fingerprint density at radius 1 is 1.50 bits per heavy atom. The van der Waals surface area contributed by atoms with Crippen LogP contribution in [0, 0.1) is 17.0 Å². The number of benzene rings is 1. The summed E-state index contributed by atoms with van der Waals surface area (Å²) in [7, 11) is 1.51. The predicted molar refractivity (Wildman–Crippen MR) is 51.2 cm³/mol. The molecule has 0 fully saturated rings. The maximum Gasteiger partial charge on any atom is 0.272 e. The maximum atomic E-state index is 11.2. The minimum Gasteiger partial charge on any atom is -0.355 e. The van der Waals surface area contributed by atoms with Gasteiger partial charge in [0.25, 0.3) is 11.6 Å². The number of carbonyl (C=O) groups is 1. The molecule has 0 aliphatic heterocycles. The Morgan fingerprint density at radius 3 is 2.57 bits per heavy atom. The molecule has 1 N–H and O–H groups in total. The van der Waals surface area contributed by atoms with Crippen molar-refractivity contribution in [2.75, 3.05) is 7.05 Å². The monoisotopic (exact) mass is 194 g/mol. The van der Waals surface area contributed by atoms with Crippen molar-refractivity contribution in [1.82, 2.24) is 5.32 Å². The predicted octanol–water partition coefficient (Wildman–Crippen LogP) is 1.26. The van der Waals surface area contributed by atoms with Gasteiger partial charge >= 0.3 is 0 Å². The van der Waals surface area contributed by atoms with Crippen LogP contribution in [0.4, 0.5) is 5.69 Å². The van der Waals surface area contributed by atoms with Crippen molar-refractivity contribution in [2.24, 2.45) is 0 Å². The first-order valence-corrected chi connectivity index (χ1v) is 4.03. The molecule has 5 nitrogen and oxygen atoms in total. The number of nitrogens with one attached hydrogen (secondary N) is 1. The Balaban J connectivity index is 3.12. The molecule has 0 bridgehead atoms. The largest absolute Gasteiger partial charge is 0.355 e. The summed E-state index contributed by atoms with van der Waals surface area (Å²) in [6.07, 6.45) is 0. The molecule has 0 radical (unpaired) electrons. The van der Waals surface area contributed by atoms with Crippen LogP contribution in [0.2, 0.25) is 0 Å². The van der Waals surface area contributed by atoms with Crippen molar-refractivity contribution in [3.63, 3.8) is 0 Å². The maximum absolute atomic E-state index is 11.2. The number of amides is 1. The molecule has 0 saturated heterocycles. The molecule has 0 heterocycles. The summed E-state index contributed by atoms with van der Waals surface area (Å²) >= 11 is 0. The lowest BCUT2D eigenvalue weighted by atomic mass is 10.1. The minimum absolute atomic E-state index is 0.0256. The second-order valence-electron chi connectivity index (χ2n) is 2.84. The van der Waals surface area contributed by atoms with E-state index in [4.69, 9.17) is 0 Å². The average Bonchev–Trinajstić information content (AvgIpc) is 2.15. The summed E-state index contributed by atoms with van der Waals surface area (Å²) in [5, 5.41) is 12.9. The van der Waals surface area contributed by atoms with Crippen LogP contribution in [-0.4, -0.2) is 17.9 Å². The first-order valence-electron chi connectivity index (χ1n) is 4.03. The first-order chi connectivity index (χ1) is 6.56. The molecule has 0 saturated carbocycles. The van der Waals surface area contributed by atoms with Crippen LogP contribution in [0.3, 0.4) is 0 Å². The van der Waals surface area contributed by atoms with Gasteiger partial charge < -0.3 is 5.32 Å². The normalized spacial score (nSPS) is 9.57. The van der Waals surface area contributed by atoms with Gasteiger partial charge in [0, 0.05) is 24.2 Å². The van der Waals surface area contributed by atoms with E-state index in [1.54, 1.807) is 6.92 Å². The SMILES string of the molecule is CNC(=O)c1ccc([N+](=O)[O-])c(C)c1. The fourth-order valence-corrected chi connectivity index (χ4v) is 1.15. The zero-order valence-electron chi connectivity index (χ0n) is 7.90. The Labute approximate surface area is 80.9 Å². The lowest BCUT2D eigenvalue weighted by Gasteiger charge is -2.01. The van der Waals surface area contributed by atoms with Gasteiger partial charge in [-0.25, -0.2) is 0 Å². The van der Waals surface area contributed by atoms with Gasteiger partial charge in [-0.15, -0.1) is 0 Å². The quantitative estimate of drug-likeness (QED) is 0.569. The number of carbonyl (C=O) groups excluding carboxylic acids is 1. The highest BCUT2D eigenvalue weighted by atomic mass is 16.6. The van der Waals surface area contributed by atoms with E-state index in [-0.39, 0.29) is 11.6 Å². The fourth-order valence-electron chi connectivity index (χ4n) is 1.15. The van der Waals surface area contributed by atoms with Gasteiger partial charge in [-0.3, -0.25) is 14.9 Å². The van der Waals surface area contributed by atoms with Crippen LogP contribution < -0.4 is 5.32 Å². The van der Waals surface area contributed by atoms with Crippen molar-refractivity contribution in [3.8, 4) is 0 Å². The van der Waals surface area contributed by atoms with Crippen molar-refractivity contribution < 1.29 is 9.72 Å². The minimum atomic E-state index is -0.469. The third-order valence-corrected chi connectivity index (χ3v) is 1.88. The molecule has 1 amide bonds. The Kier molecular flexibility index (Phi) is 2.81. The molecule has 1 aromatic rings. The van der Waals surface area contributed by atoms with E-state index in [0.717, 1.165) is 0 Å². The molecule has 0 spiro atoms. The molecular weight excluding hydrogens is 184 g/mol. The number of nitrogens with zero attached hydrogens (tertiary/aromatic N) is 1. The topological polar surface area (TPSA) is 72.2 Å². The van der Waals surface area contributed by atoms with E-state index in [1.165, 1.54) is 25.2 Å². The Bertz CT molecular complexity index is 388. The molecule has 0 aliphatic carbocycles. The van der Waals surface area contributed by atoms with Gasteiger partial charge in [0.1, 0.15) is 0 Å². The third-order valence-electron chi connectivity index (χ3n) is 1.88. The molecule has 74 valence electrons. The van der Waals surface area contributed by atoms with E-state index in [1.807, 2.05) is 0 Å². The van der Waals surface area contributed by atoms with E-state index < -0.39 is 4.92 Å². The summed E-state index contributed by atoms with van der Waals surface area (Å²) in [6.45, 7) is 1.60. The molecule has 0 unspecified atom stereocenters. The van der Waals surface area contributed by atoms with Crippen molar-refractivity contribution in [1.29, 1.82) is 0 Å². The molecule has 0 atom stereocenters. The lowest BCUT2D eigenvalue weighted by molar-refractivity contribution is -0.385. The van der Waals surface area contributed by atoms with E-state index in [2.05, 4.69) is 5.32 Å². The number of hydrogen-bond acceptors (Lipinski definition) is 3. The van der Waals surface area contributed by atoms with E-state index in [0.29, 0.717) is 11.1 Å². The summed E-state index contributed by atoms with van der Waals surface area (Å²) in [4.78, 5) is 21.2. The second-order valence-corrected chi connectivity index (χ2v) is 2.84. The summed E-state index contributed by atoms with van der Waals surface area (Å²) in [5.41, 5.74) is 0.935. The van der Waals surface area contributed by atoms with Crippen molar-refractivity contribution >= 4 is 11.6 Å². The number of nitro benzene ring substituents is 1. The highest BCUT2D eigenvalue weighted by Gasteiger charge is 2.12. The van der Waals surface area contributed by atoms with Gasteiger partial charge in [0.05, 0.1) is 4.92 Å². The molecule has 14 heavy (non-hydrogen) atoms. The zero-order chi connectivity index (χ0) is 10.7. The van der Waals surface area contributed by atoms with Gasteiger partial charge in [0.2, 0.25) is 0 Å². The molecule has 1 rings (SSSR count). The van der Waals surface area contributed by atoms with Crippen LogP contribution in [0.15, 0.2) is 18.2 Å². The zero-order valence-corrected chi connectivity index (χ0v) is 7.90. The number of aryl methyl sites for hydroxylation is 1. The average molecular weight is 194 g/mol. The van der Waals surface area contributed by atoms with E-state index >= 15 is 0 Å². The summed E-state index contributed by atoms with van der Waals surface area (Å²) < 4.78 is 0. The lowest BCUT2D eigenvalue weighted by Crippen LogP contribution is -2.17. The highest BCUT2D eigenvalue weighted by Crippen LogP contribution is 2.18. The van der Waals surface area contributed by atoms with Gasteiger partial charge in [-0.05, 0) is 19.1 Å². The number of rotatable bonds is 2. The van der Waals surface area contributed by atoms with E-state index in [9.17, 15) is 14.9 Å². The van der Waals surface area contributed by atoms with Gasteiger partial charge in [0.15, 0.2) is 0 Å². The molecule has 5 heteroatoms. The van der Waals surface area contributed by atoms with Gasteiger partial charge in [-0.1, -0.05) is 0 Å². The first kappa shape index (κ1) is 10.2. The standard InChI is InChI=1S/C9H10N2O3/c1-6-5-7(9(12)10-2)3-4-8(6)11(13)14/h3-5H,1-2H3,(H,10,12). The van der Waals surface area contributed by atoms with Crippen LogP contribution in [-0.2, 0) is 0 Å². The molecule has 0 aliphatic rings. The van der Waals surface area contributed by atoms with Crippen LogP contribution in [0.1, 0.15) is 15.9 Å².